The first kappa shape index (κ1) is 22.9. The van der Waals surface area contributed by atoms with Crippen LogP contribution < -0.4 is 14.5 Å². The Kier molecular flexibility index (Phi) is 6.99. The maximum atomic E-state index is 13.6. The number of hydrogen-bond acceptors (Lipinski definition) is 3. The fourth-order valence-electron chi connectivity index (χ4n) is 4.37. The predicted molar refractivity (Wildman–Crippen MR) is 132 cm³/mol. The Labute approximate surface area is 199 Å². The summed E-state index contributed by atoms with van der Waals surface area (Å²) in [7, 11) is 1.62. The minimum absolute atomic E-state index is 0.0172. The SMILES string of the molecule is CCN(C(=O)[C@@H]1CCN(C(=O)Cc2ccc(OC)cc2)c2ccccc21)c1ccc(Cl)cc1. The van der Waals surface area contributed by atoms with Gasteiger partial charge in [-0.3, -0.25) is 9.59 Å². The van der Waals surface area contributed by atoms with E-state index in [0.29, 0.717) is 31.0 Å². The number of rotatable bonds is 6. The molecule has 0 saturated carbocycles. The van der Waals surface area contributed by atoms with Gasteiger partial charge in [0.05, 0.1) is 19.4 Å². The molecule has 1 aliphatic heterocycles. The van der Waals surface area contributed by atoms with Crippen molar-refractivity contribution in [3.05, 3.63) is 88.9 Å². The van der Waals surface area contributed by atoms with Gasteiger partial charge in [-0.25, -0.2) is 0 Å². The molecule has 0 bridgehead atoms. The summed E-state index contributed by atoms with van der Waals surface area (Å²) in [5, 5.41) is 0.635. The zero-order valence-corrected chi connectivity index (χ0v) is 19.6. The van der Waals surface area contributed by atoms with Crippen molar-refractivity contribution in [2.75, 3.05) is 30.0 Å². The topological polar surface area (TPSA) is 49.9 Å². The normalized spacial score (nSPS) is 15.0. The van der Waals surface area contributed by atoms with E-state index in [4.69, 9.17) is 16.3 Å². The lowest BCUT2D eigenvalue weighted by Crippen LogP contribution is -2.42. The molecule has 0 radical (unpaired) electrons. The first-order valence-electron chi connectivity index (χ1n) is 11.1. The maximum absolute atomic E-state index is 13.6. The molecule has 0 aromatic heterocycles. The summed E-state index contributed by atoms with van der Waals surface area (Å²) in [6.45, 7) is 3.02. The van der Waals surface area contributed by atoms with E-state index in [-0.39, 0.29) is 17.7 Å². The molecule has 0 unspecified atom stereocenters. The first-order valence-corrected chi connectivity index (χ1v) is 11.5. The van der Waals surface area contributed by atoms with Crippen LogP contribution in [0.3, 0.4) is 0 Å². The number of para-hydroxylation sites is 1. The monoisotopic (exact) mass is 462 g/mol. The third-order valence-electron chi connectivity index (χ3n) is 6.08. The van der Waals surface area contributed by atoms with Crippen LogP contribution in [0.25, 0.3) is 0 Å². The average molecular weight is 463 g/mol. The number of ether oxygens (including phenoxy) is 1. The number of benzene rings is 3. The van der Waals surface area contributed by atoms with E-state index in [1.807, 2.05) is 72.5 Å². The summed E-state index contributed by atoms with van der Waals surface area (Å²) in [5.74, 6) is 0.511. The lowest BCUT2D eigenvalue weighted by molar-refractivity contribution is -0.121. The molecule has 1 aliphatic rings. The second-order valence-corrected chi connectivity index (χ2v) is 8.47. The number of fused-ring (bicyclic) bond motifs is 1. The molecule has 0 saturated heterocycles. The number of hydrogen-bond donors (Lipinski definition) is 0. The van der Waals surface area contributed by atoms with Gasteiger partial charge in [-0.15, -0.1) is 0 Å². The third kappa shape index (κ3) is 4.88. The van der Waals surface area contributed by atoms with Gasteiger partial charge in [0.25, 0.3) is 0 Å². The number of carbonyl (C=O) groups is 2. The van der Waals surface area contributed by atoms with Gasteiger partial charge >= 0.3 is 0 Å². The largest absolute Gasteiger partial charge is 0.497 e. The summed E-state index contributed by atoms with van der Waals surface area (Å²) in [6.07, 6.45) is 0.872. The summed E-state index contributed by atoms with van der Waals surface area (Å²) >= 11 is 6.03. The predicted octanol–water partition coefficient (Wildman–Crippen LogP) is 5.46. The van der Waals surface area contributed by atoms with E-state index in [1.165, 1.54) is 0 Å². The van der Waals surface area contributed by atoms with Crippen molar-refractivity contribution in [2.24, 2.45) is 0 Å². The summed E-state index contributed by atoms with van der Waals surface area (Å²) < 4.78 is 5.20. The Morgan fingerprint density at radius 2 is 1.73 bits per heavy atom. The zero-order chi connectivity index (χ0) is 23.4. The molecule has 33 heavy (non-hydrogen) atoms. The number of likely N-dealkylation sites (N-methyl/N-ethyl adjacent to an activating group) is 1. The molecule has 3 aromatic carbocycles. The highest BCUT2D eigenvalue weighted by molar-refractivity contribution is 6.30. The number of amides is 2. The highest BCUT2D eigenvalue weighted by Gasteiger charge is 2.34. The number of halogens is 1. The van der Waals surface area contributed by atoms with E-state index < -0.39 is 0 Å². The van der Waals surface area contributed by atoms with Crippen LogP contribution in [0.4, 0.5) is 11.4 Å². The second kappa shape index (κ2) is 10.1. The molecular weight excluding hydrogens is 436 g/mol. The van der Waals surface area contributed by atoms with E-state index >= 15 is 0 Å². The van der Waals surface area contributed by atoms with Gasteiger partial charge in [0.1, 0.15) is 5.75 Å². The van der Waals surface area contributed by atoms with Gasteiger partial charge in [0.2, 0.25) is 11.8 Å². The number of nitrogens with zero attached hydrogens (tertiary/aromatic N) is 2. The van der Waals surface area contributed by atoms with Gasteiger partial charge in [0.15, 0.2) is 0 Å². The van der Waals surface area contributed by atoms with E-state index in [9.17, 15) is 9.59 Å². The fraction of sp³-hybridized carbons (Fsp3) is 0.259. The quantitative estimate of drug-likeness (QED) is 0.488. The van der Waals surface area contributed by atoms with Crippen molar-refractivity contribution in [2.45, 2.75) is 25.7 Å². The summed E-state index contributed by atoms with van der Waals surface area (Å²) in [6, 6.07) is 22.6. The van der Waals surface area contributed by atoms with Gasteiger partial charge in [0, 0.05) is 29.5 Å². The molecular formula is C27H27ClN2O3. The van der Waals surface area contributed by atoms with Crippen LogP contribution >= 0.6 is 11.6 Å². The molecule has 4 rings (SSSR count). The maximum Gasteiger partial charge on any atom is 0.234 e. The summed E-state index contributed by atoms with van der Waals surface area (Å²) in [5.41, 5.74) is 3.45. The highest BCUT2D eigenvalue weighted by atomic mass is 35.5. The van der Waals surface area contributed by atoms with E-state index in [0.717, 1.165) is 28.3 Å². The molecule has 5 nitrogen and oxygen atoms in total. The van der Waals surface area contributed by atoms with Crippen LogP contribution in [-0.4, -0.2) is 32.0 Å². The third-order valence-corrected chi connectivity index (χ3v) is 6.33. The first-order chi connectivity index (χ1) is 16.0. The molecule has 6 heteroatoms. The number of methoxy groups -OCH3 is 1. The lowest BCUT2D eigenvalue weighted by atomic mass is 9.88. The molecule has 1 atom stereocenters. The highest BCUT2D eigenvalue weighted by Crippen LogP contribution is 2.37. The minimum Gasteiger partial charge on any atom is -0.497 e. The second-order valence-electron chi connectivity index (χ2n) is 8.03. The van der Waals surface area contributed by atoms with Gasteiger partial charge < -0.3 is 14.5 Å². The van der Waals surface area contributed by atoms with Gasteiger partial charge in [-0.05, 0) is 66.9 Å². The van der Waals surface area contributed by atoms with Crippen LogP contribution in [0.1, 0.15) is 30.4 Å². The van der Waals surface area contributed by atoms with Crippen molar-refractivity contribution >= 4 is 34.8 Å². The van der Waals surface area contributed by atoms with Crippen LogP contribution in [0, 0.1) is 0 Å². The Balaban J connectivity index is 1.57. The van der Waals surface area contributed by atoms with Crippen molar-refractivity contribution < 1.29 is 14.3 Å². The van der Waals surface area contributed by atoms with Crippen LogP contribution in [0.2, 0.25) is 5.02 Å². The van der Waals surface area contributed by atoms with Crippen molar-refractivity contribution in [1.29, 1.82) is 0 Å². The molecule has 170 valence electrons. The fourth-order valence-corrected chi connectivity index (χ4v) is 4.49. The lowest BCUT2D eigenvalue weighted by Gasteiger charge is -2.36. The standard InChI is InChI=1S/C27H27ClN2O3/c1-3-29(21-12-10-20(28)11-13-21)27(32)24-16-17-30(25-7-5-4-6-23(24)25)26(31)18-19-8-14-22(33-2)15-9-19/h4-15,24H,3,16-18H2,1-2H3/t24-/m1/s1. The number of anilines is 2. The van der Waals surface area contributed by atoms with Gasteiger partial charge in [-0.1, -0.05) is 41.9 Å². The number of carbonyl (C=O) groups excluding carboxylic acids is 2. The molecule has 0 fully saturated rings. The molecule has 2 amide bonds. The smallest absolute Gasteiger partial charge is 0.234 e. The average Bonchev–Trinajstić information content (AvgIpc) is 2.85. The molecule has 0 aliphatic carbocycles. The minimum atomic E-state index is -0.304. The Hall–Kier alpha value is -3.31. The van der Waals surface area contributed by atoms with Crippen molar-refractivity contribution in [1.82, 2.24) is 0 Å². The van der Waals surface area contributed by atoms with Crippen LogP contribution in [-0.2, 0) is 16.0 Å². The Bertz CT molecular complexity index is 1130. The Morgan fingerprint density at radius 1 is 1.03 bits per heavy atom. The van der Waals surface area contributed by atoms with Crippen molar-refractivity contribution in [3.63, 3.8) is 0 Å². The molecule has 0 spiro atoms. The summed E-state index contributed by atoms with van der Waals surface area (Å²) in [4.78, 5) is 30.4. The van der Waals surface area contributed by atoms with E-state index in [1.54, 1.807) is 24.1 Å². The van der Waals surface area contributed by atoms with Crippen LogP contribution in [0.15, 0.2) is 72.8 Å². The van der Waals surface area contributed by atoms with Crippen molar-refractivity contribution in [3.8, 4) is 5.75 Å². The molecule has 0 N–H and O–H groups in total. The molecule has 1 heterocycles. The van der Waals surface area contributed by atoms with Gasteiger partial charge in [-0.2, -0.15) is 0 Å². The van der Waals surface area contributed by atoms with Crippen LogP contribution in [0.5, 0.6) is 5.75 Å². The molecule has 3 aromatic rings. The zero-order valence-electron chi connectivity index (χ0n) is 18.8. The Morgan fingerprint density at radius 3 is 2.39 bits per heavy atom. The van der Waals surface area contributed by atoms with E-state index in [2.05, 4.69) is 0 Å².